The first-order valence-electron chi connectivity index (χ1n) is 5.87. The number of ether oxygens (including phenoxy) is 1. The summed E-state index contributed by atoms with van der Waals surface area (Å²) in [5, 5.41) is 13.7. The normalized spacial score (nSPS) is 10.7. The molecule has 3 aromatic rings. The Labute approximate surface area is 113 Å². The van der Waals surface area contributed by atoms with Gasteiger partial charge in [-0.25, -0.2) is 9.78 Å². The molecule has 0 aliphatic heterocycles. The second-order valence-corrected chi connectivity index (χ2v) is 4.19. The van der Waals surface area contributed by atoms with Crippen molar-refractivity contribution in [1.29, 1.82) is 0 Å². The molecule has 0 saturated carbocycles. The highest BCUT2D eigenvalue weighted by molar-refractivity contribution is 5.90. The summed E-state index contributed by atoms with van der Waals surface area (Å²) in [4.78, 5) is 15.0. The number of carbonyl (C=O) groups is 1. The van der Waals surface area contributed by atoms with Crippen LogP contribution in [0.15, 0.2) is 41.1 Å². The molecule has 6 heteroatoms. The Bertz CT molecular complexity index is 795. The summed E-state index contributed by atoms with van der Waals surface area (Å²) < 4.78 is 10.6. The van der Waals surface area contributed by atoms with Gasteiger partial charge in [0.15, 0.2) is 5.58 Å². The molecule has 2 heterocycles. The summed E-state index contributed by atoms with van der Waals surface area (Å²) in [6.45, 7) is 1.82. The van der Waals surface area contributed by atoms with Gasteiger partial charge in [-0.15, -0.1) is 0 Å². The minimum Gasteiger partial charge on any atom is -0.477 e. The predicted molar refractivity (Wildman–Crippen MR) is 70.0 cm³/mol. The van der Waals surface area contributed by atoms with E-state index in [1.54, 1.807) is 24.3 Å². The fourth-order valence-electron chi connectivity index (χ4n) is 1.85. The van der Waals surface area contributed by atoms with Crippen LogP contribution < -0.4 is 4.74 Å². The Balaban J connectivity index is 2.01. The van der Waals surface area contributed by atoms with Crippen LogP contribution >= 0.6 is 0 Å². The van der Waals surface area contributed by atoms with E-state index in [-0.39, 0.29) is 11.4 Å². The fourth-order valence-corrected chi connectivity index (χ4v) is 1.85. The Morgan fingerprint density at radius 1 is 1.35 bits per heavy atom. The molecule has 0 radical (unpaired) electrons. The summed E-state index contributed by atoms with van der Waals surface area (Å²) in [6, 6.07) is 8.11. The van der Waals surface area contributed by atoms with Crippen LogP contribution in [0, 0.1) is 6.92 Å². The van der Waals surface area contributed by atoms with Crippen LogP contribution in [0.25, 0.3) is 11.0 Å². The van der Waals surface area contributed by atoms with Gasteiger partial charge in [-0.3, -0.25) is 0 Å². The van der Waals surface area contributed by atoms with Gasteiger partial charge in [0.25, 0.3) is 0 Å². The molecular weight excluding hydrogens is 260 g/mol. The van der Waals surface area contributed by atoms with E-state index < -0.39 is 5.97 Å². The maximum Gasteiger partial charge on any atom is 0.341 e. The summed E-state index contributed by atoms with van der Waals surface area (Å²) in [5.74, 6) is -0.561. The lowest BCUT2D eigenvalue weighted by Crippen LogP contribution is -2.01. The highest BCUT2D eigenvalue weighted by atomic mass is 16.5. The van der Waals surface area contributed by atoms with E-state index in [9.17, 15) is 4.79 Å². The number of aryl methyl sites for hydroxylation is 1. The first-order chi connectivity index (χ1) is 9.65. The molecule has 0 aliphatic carbocycles. The number of nitrogens with zero attached hydrogens (tertiary/aromatic N) is 2. The molecule has 0 bridgehead atoms. The highest BCUT2D eigenvalue weighted by Gasteiger charge is 2.13. The van der Waals surface area contributed by atoms with Crippen LogP contribution in [0.5, 0.6) is 11.6 Å². The third kappa shape index (κ3) is 2.07. The van der Waals surface area contributed by atoms with Gasteiger partial charge >= 0.3 is 5.97 Å². The van der Waals surface area contributed by atoms with Crippen LogP contribution in [0.1, 0.15) is 16.1 Å². The van der Waals surface area contributed by atoms with Crippen molar-refractivity contribution in [3.05, 3.63) is 47.8 Å². The number of benzene rings is 1. The second kappa shape index (κ2) is 4.65. The molecule has 2 aromatic heterocycles. The number of aromatic nitrogens is 2. The van der Waals surface area contributed by atoms with E-state index in [0.717, 1.165) is 11.1 Å². The van der Waals surface area contributed by atoms with Crippen LogP contribution in [0.2, 0.25) is 0 Å². The number of hydrogen-bond donors (Lipinski definition) is 1. The standard InChI is InChI=1S/C14H10N2O4/c1-8-11-7-9(4-5-12(11)20-16-8)19-13-10(14(17)18)3-2-6-15-13/h2-7H,1H3,(H,17,18). The molecule has 0 spiro atoms. The Kier molecular flexibility index (Phi) is 2.83. The summed E-state index contributed by atoms with van der Waals surface area (Å²) in [5.41, 5.74) is 1.40. The van der Waals surface area contributed by atoms with Gasteiger partial charge in [-0.05, 0) is 37.3 Å². The lowest BCUT2D eigenvalue weighted by atomic mass is 10.2. The molecule has 0 aliphatic rings. The van der Waals surface area contributed by atoms with Crippen LogP contribution in [0.4, 0.5) is 0 Å². The van der Waals surface area contributed by atoms with Crippen molar-refractivity contribution in [3.8, 4) is 11.6 Å². The maximum atomic E-state index is 11.1. The Morgan fingerprint density at radius 2 is 2.20 bits per heavy atom. The zero-order chi connectivity index (χ0) is 14.1. The molecule has 100 valence electrons. The molecule has 3 rings (SSSR count). The number of aromatic carboxylic acids is 1. The van der Waals surface area contributed by atoms with Gasteiger partial charge in [0.2, 0.25) is 5.88 Å². The molecule has 0 saturated heterocycles. The number of fused-ring (bicyclic) bond motifs is 1. The number of hydrogen-bond acceptors (Lipinski definition) is 5. The molecule has 1 N–H and O–H groups in total. The molecule has 0 unspecified atom stereocenters. The van der Waals surface area contributed by atoms with Gasteiger partial charge in [-0.1, -0.05) is 5.16 Å². The monoisotopic (exact) mass is 270 g/mol. The van der Waals surface area contributed by atoms with E-state index >= 15 is 0 Å². The average molecular weight is 270 g/mol. The van der Waals surface area contributed by atoms with Crippen molar-refractivity contribution in [2.24, 2.45) is 0 Å². The topological polar surface area (TPSA) is 85.5 Å². The Morgan fingerprint density at radius 3 is 3.00 bits per heavy atom. The van der Waals surface area contributed by atoms with E-state index in [2.05, 4.69) is 10.1 Å². The van der Waals surface area contributed by atoms with E-state index in [0.29, 0.717) is 11.3 Å². The highest BCUT2D eigenvalue weighted by Crippen LogP contribution is 2.27. The van der Waals surface area contributed by atoms with Crippen molar-refractivity contribution < 1.29 is 19.2 Å². The average Bonchev–Trinajstić information content (AvgIpc) is 2.81. The second-order valence-electron chi connectivity index (χ2n) is 4.19. The molecule has 0 atom stereocenters. The molecule has 0 amide bonds. The van der Waals surface area contributed by atoms with Gasteiger partial charge in [0.05, 0.1) is 5.69 Å². The van der Waals surface area contributed by atoms with E-state index in [1.165, 1.54) is 12.3 Å². The van der Waals surface area contributed by atoms with E-state index in [1.807, 2.05) is 6.92 Å². The number of carboxylic acids is 1. The molecular formula is C14H10N2O4. The quantitative estimate of drug-likeness (QED) is 0.787. The van der Waals surface area contributed by atoms with Gasteiger partial charge < -0.3 is 14.4 Å². The zero-order valence-corrected chi connectivity index (χ0v) is 10.5. The van der Waals surface area contributed by atoms with Crippen molar-refractivity contribution in [3.63, 3.8) is 0 Å². The molecule has 1 aromatic carbocycles. The van der Waals surface area contributed by atoms with Crippen LogP contribution in [-0.2, 0) is 0 Å². The van der Waals surface area contributed by atoms with Crippen molar-refractivity contribution in [1.82, 2.24) is 10.1 Å². The van der Waals surface area contributed by atoms with Gasteiger partial charge in [0, 0.05) is 11.6 Å². The molecule has 0 fully saturated rings. The maximum absolute atomic E-state index is 11.1. The number of carboxylic acid groups (broad SMARTS) is 1. The largest absolute Gasteiger partial charge is 0.477 e. The van der Waals surface area contributed by atoms with E-state index in [4.69, 9.17) is 14.4 Å². The third-order valence-corrected chi connectivity index (χ3v) is 2.84. The van der Waals surface area contributed by atoms with Gasteiger partial charge in [0.1, 0.15) is 11.3 Å². The molecule has 20 heavy (non-hydrogen) atoms. The third-order valence-electron chi connectivity index (χ3n) is 2.84. The first kappa shape index (κ1) is 12.2. The number of pyridine rings is 1. The van der Waals surface area contributed by atoms with Crippen LogP contribution in [-0.4, -0.2) is 21.2 Å². The summed E-state index contributed by atoms with van der Waals surface area (Å²) in [7, 11) is 0. The van der Waals surface area contributed by atoms with Crippen molar-refractivity contribution >= 4 is 16.9 Å². The molecule has 6 nitrogen and oxygen atoms in total. The fraction of sp³-hybridized carbons (Fsp3) is 0.0714. The predicted octanol–water partition coefficient (Wildman–Crippen LogP) is 3.02. The summed E-state index contributed by atoms with van der Waals surface area (Å²) >= 11 is 0. The van der Waals surface area contributed by atoms with Crippen molar-refractivity contribution in [2.45, 2.75) is 6.92 Å². The minimum absolute atomic E-state index is 0.00892. The van der Waals surface area contributed by atoms with Crippen molar-refractivity contribution in [2.75, 3.05) is 0 Å². The zero-order valence-electron chi connectivity index (χ0n) is 10.5. The summed E-state index contributed by atoms with van der Waals surface area (Å²) in [6.07, 6.45) is 1.48. The minimum atomic E-state index is -1.09. The lowest BCUT2D eigenvalue weighted by Gasteiger charge is -2.06. The van der Waals surface area contributed by atoms with Gasteiger partial charge in [-0.2, -0.15) is 0 Å². The smallest absolute Gasteiger partial charge is 0.341 e. The lowest BCUT2D eigenvalue weighted by molar-refractivity contribution is 0.0693. The Hall–Kier alpha value is -2.89. The first-order valence-corrected chi connectivity index (χ1v) is 5.87. The SMILES string of the molecule is Cc1noc2ccc(Oc3ncccc3C(=O)O)cc12. The van der Waals surface area contributed by atoms with Crippen LogP contribution in [0.3, 0.4) is 0 Å². The number of rotatable bonds is 3.